The van der Waals surface area contributed by atoms with E-state index in [0.29, 0.717) is 12.3 Å². The fourth-order valence-electron chi connectivity index (χ4n) is 3.60. The number of nitrogens with zero attached hydrogens (tertiary/aromatic N) is 3. The second kappa shape index (κ2) is 9.50. The lowest BCUT2D eigenvalue weighted by Crippen LogP contribution is -2.34. The first kappa shape index (κ1) is 20.1. The number of aromatic amines is 1. The van der Waals surface area contributed by atoms with Crippen molar-refractivity contribution >= 4 is 5.71 Å². The highest BCUT2D eigenvalue weighted by atomic mass is 16.3. The molecule has 1 aromatic heterocycles. The molecule has 0 atom stereocenters. The largest absolute Gasteiger partial charge is 0.494 e. The zero-order valence-electron chi connectivity index (χ0n) is 16.4. The molecule has 0 unspecified atom stereocenters. The van der Waals surface area contributed by atoms with E-state index >= 15 is 0 Å². The molecule has 0 radical (unpaired) electrons. The lowest BCUT2D eigenvalue weighted by Gasteiger charge is -2.25. The molecule has 0 spiro atoms. The number of rotatable bonds is 7. The van der Waals surface area contributed by atoms with Crippen molar-refractivity contribution in [2.24, 2.45) is 4.99 Å². The van der Waals surface area contributed by atoms with E-state index in [1.807, 2.05) is 30.3 Å². The molecule has 2 heterocycles. The van der Waals surface area contributed by atoms with Crippen molar-refractivity contribution in [3.8, 4) is 5.88 Å². The van der Waals surface area contributed by atoms with Gasteiger partial charge in [-0.3, -0.25) is 19.3 Å². The maximum Gasteiger partial charge on any atom is 0.331 e. The summed E-state index contributed by atoms with van der Waals surface area (Å²) < 4.78 is 1.17. The molecule has 3 rings (SSSR count). The summed E-state index contributed by atoms with van der Waals surface area (Å²) in [6.07, 6.45) is 4.73. The second-order valence-electron chi connectivity index (χ2n) is 7.25. The summed E-state index contributed by atoms with van der Waals surface area (Å²) in [4.78, 5) is 33.7. The summed E-state index contributed by atoms with van der Waals surface area (Å²) in [5, 5.41) is 10.6. The molecule has 2 N–H and O–H groups in total. The fraction of sp³-hybridized carbons (Fsp3) is 0.476. The third kappa shape index (κ3) is 4.98. The number of hydrogen-bond donors (Lipinski definition) is 2. The van der Waals surface area contributed by atoms with Crippen LogP contribution >= 0.6 is 0 Å². The van der Waals surface area contributed by atoms with Crippen LogP contribution in [-0.4, -0.2) is 51.4 Å². The van der Waals surface area contributed by atoms with Crippen molar-refractivity contribution in [2.75, 3.05) is 26.2 Å². The van der Waals surface area contributed by atoms with Gasteiger partial charge in [0, 0.05) is 12.3 Å². The molecule has 2 aromatic rings. The average molecular weight is 384 g/mol. The highest BCUT2D eigenvalue weighted by Crippen LogP contribution is 2.14. The van der Waals surface area contributed by atoms with E-state index in [-0.39, 0.29) is 18.0 Å². The van der Waals surface area contributed by atoms with E-state index < -0.39 is 11.2 Å². The quantitative estimate of drug-likeness (QED) is 0.564. The molecule has 0 aliphatic carbocycles. The SMILES string of the molecule is CC(=NCCCN1CCCCC1)c1c(O)n(Cc2ccccc2)c(=O)[nH]c1=O. The van der Waals surface area contributed by atoms with Crippen molar-refractivity contribution in [3.05, 3.63) is 62.3 Å². The summed E-state index contributed by atoms with van der Waals surface area (Å²) >= 11 is 0. The van der Waals surface area contributed by atoms with Crippen molar-refractivity contribution in [3.63, 3.8) is 0 Å². The van der Waals surface area contributed by atoms with Crippen LogP contribution in [0.25, 0.3) is 0 Å². The molecule has 1 aliphatic rings. The van der Waals surface area contributed by atoms with Crippen LogP contribution in [0.4, 0.5) is 0 Å². The fourth-order valence-corrected chi connectivity index (χ4v) is 3.60. The number of nitrogens with one attached hydrogen (secondary N) is 1. The third-order valence-corrected chi connectivity index (χ3v) is 5.15. The molecule has 1 fully saturated rings. The smallest absolute Gasteiger partial charge is 0.331 e. The monoisotopic (exact) mass is 384 g/mol. The van der Waals surface area contributed by atoms with Gasteiger partial charge in [0.1, 0.15) is 5.56 Å². The van der Waals surface area contributed by atoms with Crippen molar-refractivity contribution in [1.82, 2.24) is 14.5 Å². The van der Waals surface area contributed by atoms with Crippen molar-refractivity contribution in [1.29, 1.82) is 0 Å². The molecular formula is C21H28N4O3. The van der Waals surface area contributed by atoms with Crippen LogP contribution in [0.15, 0.2) is 44.9 Å². The third-order valence-electron chi connectivity index (χ3n) is 5.15. The minimum atomic E-state index is -0.631. The summed E-state index contributed by atoms with van der Waals surface area (Å²) in [6.45, 7) is 5.74. The molecular weight excluding hydrogens is 356 g/mol. The van der Waals surface area contributed by atoms with Crippen molar-refractivity contribution in [2.45, 2.75) is 39.2 Å². The maximum atomic E-state index is 12.3. The Kier molecular flexibility index (Phi) is 6.81. The van der Waals surface area contributed by atoms with Gasteiger partial charge in [-0.25, -0.2) is 4.79 Å². The van der Waals surface area contributed by atoms with Gasteiger partial charge in [0.2, 0.25) is 5.88 Å². The van der Waals surface area contributed by atoms with Gasteiger partial charge in [0.05, 0.1) is 6.54 Å². The minimum absolute atomic E-state index is 0.0634. The molecule has 0 saturated carbocycles. The standard InChI is InChI=1S/C21H28N4O3/c1-16(22-11-8-14-24-12-6-3-7-13-24)18-19(26)23-21(28)25(20(18)27)15-17-9-4-2-5-10-17/h2,4-5,9-10,27H,3,6-8,11-15H2,1H3,(H,23,26,28). The van der Waals surface area contributed by atoms with Crippen LogP contribution in [0.2, 0.25) is 0 Å². The average Bonchev–Trinajstić information content (AvgIpc) is 2.70. The van der Waals surface area contributed by atoms with E-state index in [1.165, 1.54) is 23.8 Å². The van der Waals surface area contributed by atoms with Gasteiger partial charge in [-0.1, -0.05) is 36.8 Å². The number of aromatic nitrogens is 2. The molecule has 28 heavy (non-hydrogen) atoms. The van der Waals surface area contributed by atoms with Gasteiger partial charge >= 0.3 is 5.69 Å². The number of aliphatic imine (C=N–C) groups is 1. The van der Waals surface area contributed by atoms with Crippen LogP contribution in [0.5, 0.6) is 5.88 Å². The Bertz CT molecular complexity index is 925. The summed E-state index contributed by atoms with van der Waals surface area (Å²) in [6, 6.07) is 9.32. The Balaban J connectivity index is 1.73. The normalized spacial score (nSPS) is 15.7. The van der Waals surface area contributed by atoms with Gasteiger partial charge in [-0.05, 0) is 51.4 Å². The van der Waals surface area contributed by atoms with Crippen LogP contribution in [-0.2, 0) is 6.54 Å². The number of hydrogen-bond acceptors (Lipinski definition) is 5. The maximum absolute atomic E-state index is 12.3. The Labute approximate surface area is 164 Å². The Morgan fingerprint density at radius 3 is 2.57 bits per heavy atom. The first-order valence-electron chi connectivity index (χ1n) is 9.90. The highest BCUT2D eigenvalue weighted by Gasteiger charge is 2.17. The van der Waals surface area contributed by atoms with Crippen LogP contribution in [0.3, 0.4) is 0 Å². The second-order valence-corrected chi connectivity index (χ2v) is 7.25. The molecule has 1 saturated heterocycles. The topological polar surface area (TPSA) is 90.7 Å². The van der Waals surface area contributed by atoms with E-state index in [9.17, 15) is 14.7 Å². The summed E-state index contributed by atoms with van der Waals surface area (Å²) in [7, 11) is 0. The van der Waals surface area contributed by atoms with Crippen molar-refractivity contribution < 1.29 is 5.11 Å². The predicted octanol–water partition coefficient (Wildman–Crippen LogP) is 1.98. The van der Waals surface area contributed by atoms with E-state index in [1.54, 1.807) is 6.92 Å². The van der Waals surface area contributed by atoms with Gasteiger partial charge in [0.15, 0.2) is 0 Å². The first-order valence-corrected chi connectivity index (χ1v) is 9.90. The number of aromatic hydroxyl groups is 1. The van der Waals surface area contributed by atoms with Gasteiger partial charge in [-0.15, -0.1) is 0 Å². The molecule has 7 heteroatoms. The highest BCUT2D eigenvalue weighted by molar-refractivity contribution is 6.00. The van der Waals surface area contributed by atoms with Crippen LogP contribution in [0.1, 0.15) is 43.7 Å². The molecule has 7 nitrogen and oxygen atoms in total. The Morgan fingerprint density at radius 1 is 1.14 bits per heavy atom. The first-order chi connectivity index (χ1) is 13.6. The number of benzene rings is 1. The molecule has 150 valence electrons. The van der Waals surface area contributed by atoms with Crippen LogP contribution < -0.4 is 11.2 Å². The molecule has 0 amide bonds. The number of likely N-dealkylation sites (tertiary alicyclic amines) is 1. The Hall–Kier alpha value is -2.67. The van der Waals surface area contributed by atoms with Gasteiger partial charge < -0.3 is 10.0 Å². The predicted molar refractivity (Wildman–Crippen MR) is 111 cm³/mol. The van der Waals surface area contributed by atoms with Gasteiger partial charge in [0.25, 0.3) is 5.56 Å². The number of H-pyrrole nitrogens is 1. The number of piperidine rings is 1. The molecule has 1 aliphatic heterocycles. The van der Waals surface area contributed by atoms with Gasteiger partial charge in [-0.2, -0.15) is 0 Å². The minimum Gasteiger partial charge on any atom is -0.494 e. The summed E-state index contributed by atoms with van der Waals surface area (Å²) in [5.41, 5.74) is 0.124. The zero-order chi connectivity index (χ0) is 19.9. The van der Waals surface area contributed by atoms with E-state index in [0.717, 1.165) is 31.6 Å². The van der Waals surface area contributed by atoms with E-state index in [2.05, 4.69) is 14.9 Å². The Morgan fingerprint density at radius 2 is 1.86 bits per heavy atom. The molecule has 1 aromatic carbocycles. The lowest BCUT2D eigenvalue weighted by atomic mass is 10.1. The summed E-state index contributed by atoms with van der Waals surface area (Å²) in [5.74, 6) is -0.338. The lowest BCUT2D eigenvalue weighted by molar-refractivity contribution is 0.228. The van der Waals surface area contributed by atoms with E-state index in [4.69, 9.17) is 0 Å². The van der Waals surface area contributed by atoms with Crippen LogP contribution in [0, 0.1) is 0 Å². The molecule has 0 bridgehead atoms. The zero-order valence-corrected chi connectivity index (χ0v) is 16.4.